The van der Waals surface area contributed by atoms with Crippen molar-refractivity contribution in [2.45, 2.75) is 20.3 Å². The molecule has 1 aliphatic rings. The first-order valence-corrected chi connectivity index (χ1v) is 5.28. The molecule has 1 fully saturated rings. The van der Waals surface area contributed by atoms with E-state index in [1.807, 2.05) is 0 Å². The van der Waals surface area contributed by atoms with Crippen LogP contribution in [0.3, 0.4) is 0 Å². The number of ether oxygens (including phenoxy) is 1. The van der Waals surface area contributed by atoms with Crippen LogP contribution in [-0.2, 0) is 4.74 Å². The van der Waals surface area contributed by atoms with Gasteiger partial charge in [0.15, 0.2) is 0 Å². The molecule has 0 radical (unpaired) electrons. The summed E-state index contributed by atoms with van der Waals surface area (Å²) in [4.78, 5) is 2.44. The third-order valence-corrected chi connectivity index (χ3v) is 2.38. The average molecular weight is 195 g/mol. The van der Waals surface area contributed by atoms with Crippen LogP contribution in [0.5, 0.6) is 0 Å². The lowest BCUT2D eigenvalue weighted by Crippen LogP contribution is -2.37. The van der Waals surface area contributed by atoms with Crippen LogP contribution in [0.2, 0.25) is 0 Å². The Morgan fingerprint density at radius 2 is 2.00 bits per heavy atom. The van der Waals surface area contributed by atoms with Gasteiger partial charge in [-0.3, -0.25) is 4.90 Å². The van der Waals surface area contributed by atoms with E-state index >= 15 is 0 Å². The lowest BCUT2D eigenvalue weighted by Gasteiger charge is -2.26. The maximum Gasteiger partial charge on any atom is 0.0594 e. The molecule has 0 N–H and O–H groups in total. The van der Waals surface area contributed by atoms with Crippen LogP contribution in [0.15, 0.2) is 23.8 Å². The number of morpholine rings is 1. The number of hydrogen-bond donors (Lipinski definition) is 0. The van der Waals surface area contributed by atoms with Crippen molar-refractivity contribution in [2.75, 3.05) is 32.8 Å². The van der Waals surface area contributed by atoms with E-state index in [-0.39, 0.29) is 0 Å². The highest BCUT2D eigenvalue weighted by Gasteiger charge is 2.09. The Balaban J connectivity index is 2.27. The van der Waals surface area contributed by atoms with Crippen LogP contribution >= 0.6 is 0 Å². The van der Waals surface area contributed by atoms with Crippen molar-refractivity contribution in [3.05, 3.63) is 23.8 Å². The molecular formula is C12H21NO. The Morgan fingerprint density at radius 3 is 2.57 bits per heavy atom. The Labute approximate surface area is 87.2 Å². The number of rotatable bonds is 4. The molecule has 0 amide bonds. The number of hydrogen-bond acceptors (Lipinski definition) is 2. The number of allylic oxidation sites excluding steroid dienone is 2. The van der Waals surface area contributed by atoms with E-state index in [2.05, 4.69) is 31.4 Å². The lowest BCUT2D eigenvalue weighted by molar-refractivity contribution is 0.0422. The van der Waals surface area contributed by atoms with Crippen LogP contribution in [0.4, 0.5) is 0 Å². The first kappa shape index (κ1) is 11.5. The Bertz CT molecular complexity index is 214. The van der Waals surface area contributed by atoms with Gasteiger partial charge in [0.25, 0.3) is 0 Å². The van der Waals surface area contributed by atoms with E-state index in [0.29, 0.717) is 0 Å². The summed E-state index contributed by atoms with van der Waals surface area (Å²) in [5.74, 6) is 0. The van der Waals surface area contributed by atoms with E-state index in [0.717, 1.165) is 39.3 Å². The molecular weight excluding hydrogens is 174 g/mol. The quantitative estimate of drug-likeness (QED) is 0.638. The molecule has 0 aromatic carbocycles. The summed E-state index contributed by atoms with van der Waals surface area (Å²) in [6.07, 6.45) is 3.29. The molecule has 0 saturated carbocycles. The second-order valence-electron chi connectivity index (χ2n) is 4.10. The van der Waals surface area contributed by atoms with Gasteiger partial charge >= 0.3 is 0 Å². The summed E-state index contributed by atoms with van der Waals surface area (Å²) in [6, 6.07) is 0. The summed E-state index contributed by atoms with van der Waals surface area (Å²) < 4.78 is 5.30. The summed E-state index contributed by atoms with van der Waals surface area (Å²) >= 11 is 0. The smallest absolute Gasteiger partial charge is 0.0594 e. The molecule has 80 valence electrons. The molecule has 1 aliphatic heterocycles. The van der Waals surface area contributed by atoms with Gasteiger partial charge in [-0.15, -0.1) is 0 Å². The molecule has 0 aromatic rings. The highest BCUT2D eigenvalue weighted by Crippen LogP contribution is 2.05. The SMILES string of the molecule is C=C(C)CC=C(C)CN1CCOCC1. The monoisotopic (exact) mass is 195 g/mol. The fraction of sp³-hybridized carbons (Fsp3) is 0.667. The Morgan fingerprint density at radius 1 is 1.36 bits per heavy atom. The molecule has 2 nitrogen and oxygen atoms in total. The Hall–Kier alpha value is -0.600. The molecule has 0 atom stereocenters. The minimum atomic E-state index is 0.883. The van der Waals surface area contributed by atoms with Gasteiger partial charge in [-0.05, 0) is 20.3 Å². The van der Waals surface area contributed by atoms with Gasteiger partial charge in [-0.2, -0.15) is 0 Å². The zero-order chi connectivity index (χ0) is 10.4. The zero-order valence-corrected chi connectivity index (χ0v) is 9.38. The van der Waals surface area contributed by atoms with Crippen molar-refractivity contribution in [1.29, 1.82) is 0 Å². The topological polar surface area (TPSA) is 12.5 Å². The fourth-order valence-electron chi connectivity index (χ4n) is 1.52. The first-order valence-electron chi connectivity index (χ1n) is 5.28. The van der Waals surface area contributed by atoms with Gasteiger partial charge in [0, 0.05) is 19.6 Å². The normalized spacial score (nSPS) is 19.7. The summed E-state index contributed by atoms with van der Waals surface area (Å²) in [5.41, 5.74) is 2.67. The lowest BCUT2D eigenvalue weighted by atomic mass is 10.1. The zero-order valence-electron chi connectivity index (χ0n) is 9.38. The van der Waals surface area contributed by atoms with Crippen molar-refractivity contribution in [1.82, 2.24) is 4.90 Å². The molecule has 1 heterocycles. The van der Waals surface area contributed by atoms with Crippen molar-refractivity contribution in [3.8, 4) is 0 Å². The van der Waals surface area contributed by atoms with Crippen LogP contribution in [0, 0.1) is 0 Å². The van der Waals surface area contributed by atoms with Crippen LogP contribution in [0.25, 0.3) is 0 Å². The van der Waals surface area contributed by atoms with Gasteiger partial charge in [0.05, 0.1) is 13.2 Å². The van der Waals surface area contributed by atoms with Crippen LogP contribution < -0.4 is 0 Å². The summed E-state index contributed by atoms with van der Waals surface area (Å²) in [6.45, 7) is 13.1. The van der Waals surface area contributed by atoms with Gasteiger partial charge in [-0.1, -0.05) is 23.8 Å². The maximum atomic E-state index is 5.30. The van der Waals surface area contributed by atoms with E-state index in [1.165, 1.54) is 11.1 Å². The molecule has 0 spiro atoms. The largest absolute Gasteiger partial charge is 0.379 e. The molecule has 0 aliphatic carbocycles. The van der Waals surface area contributed by atoms with Crippen molar-refractivity contribution in [3.63, 3.8) is 0 Å². The minimum absolute atomic E-state index is 0.883. The Kier molecular flexibility index (Phi) is 4.91. The first-order chi connectivity index (χ1) is 6.68. The molecule has 0 bridgehead atoms. The summed E-state index contributed by atoms with van der Waals surface area (Å²) in [7, 11) is 0. The molecule has 0 aromatic heterocycles. The highest BCUT2D eigenvalue weighted by molar-refractivity contribution is 5.07. The van der Waals surface area contributed by atoms with E-state index in [9.17, 15) is 0 Å². The third-order valence-electron chi connectivity index (χ3n) is 2.38. The predicted molar refractivity (Wildman–Crippen MR) is 60.4 cm³/mol. The second-order valence-corrected chi connectivity index (χ2v) is 4.10. The predicted octanol–water partition coefficient (Wildman–Crippen LogP) is 2.23. The fourth-order valence-corrected chi connectivity index (χ4v) is 1.52. The summed E-state index contributed by atoms with van der Waals surface area (Å²) in [5, 5.41) is 0. The van der Waals surface area contributed by atoms with Crippen molar-refractivity contribution < 1.29 is 4.74 Å². The van der Waals surface area contributed by atoms with Crippen molar-refractivity contribution in [2.24, 2.45) is 0 Å². The highest BCUT2D eigenvalue weighted by atomic mass is 16.5. The third kappa shape index (κ3) is 4.58. The minimum Gasteiger partial charge on any atom is -0.379 e. The van der Waals surface area contributed by atoms with E-state index < -0.39 is 0 Å². The van der Waals surface area contributed by atoms with Gasteiger partial charge in [0.1, 0.15) is 0 Å². The maximum absolute atomic E-state index is 5.30. The second kappa shape index (κ2) is 5.99. The molecule has 2 heteroatoms. The van der Waals surface area contributed by atoms with Gasteiger partial charge < -0.3 is 4.74 Å². The van der Waals surface area contributed by atoms with Gasteiger partial charge in [-0.25, -0.2) is 0 Å². The molecule has 14 heavy (non-hydrogen) atoms. The van der Waals surface area contributed by atoms with Crippen LogP contribution in [-0.4, -0.2) is 37.7 Å². The van der Waals surface area contributed by atoms with Crippen molar-refractivity contribution >= 4 is 0 Å². The van der Waals surface area contributed by atoms with Gasteiger partial charge in [0.2, 0.25) is 0 Å². The molecule has 1 saturated heterocycles. The van der Waals surface area contributed by atoms with Crippen LogP contribution in [0.1, 0.15) is 20.3 Å². The number of nitrogens with zero attached hydrogens (tertiary/aromatic N) is 1. The molecule has 0 unspecified atom stereocenters. The standard InChI is InChI=1S/C12H21NO/c1-11(2)4-5-12(3)10-13-6-8-14-9-7-13/h5H,1,4,6-10H2,2-3H3. The average Bonchev–Trinajstić information content (AvgIpc) is 2.16. The van der Waals surface area contributed by atoms with E-state index in [4.69, 9.17) is 4.74 Å². The molecule has 1 rings (SSSR count). The van der Waals surface area contributed by atoms with E-state index in [1.54, 1.807) is 0 Å².